The molecule has 2 fully saturated rings. The molecule has 0 radical (unpaired) electrons. The second-order valence-corrected chi connectivity index (χ2v) is 5.78. The maximum absolute atomic E-state index is 5.89. The predicted molar refractivity (Wildman–Crippen MR) is 73.5 cm³/mol. The number of hydrogen-bond donors (Lipinski definition) is 1. The SMILES string of the molecule is CC1CCC(CNC(c2ccccc2)C2CC2)O1. The van der Waals surface area contributed by atoms with Crippen LogP contribution in [0.5, 0.6) is 0 Å². The van der Waals surface area contributed by atoms with Gasteiger partial charge in [-0.05, 0) is 44.1 Å². The summed E-state index contributed by atoms with van der Waals surface area (Å²) in [7, 11) is 0. The fourth-order valence-electron chi connectivity index (χ4n) is 2.94. The molecule has 0 amide bonds. The second-order valence-electron chi connectivity index (χ2n) is 5.78. The molecule has 1 saturated heterocycles. The van der Waals surface area contributed by atoms with E-state index in [1.54, 1.807) is 0 Å². The van der Waals surface area contributed by atoms with Crippen LogP contribution >= 0.6 is 0 Å². The van der Waals surface area contributed by atoms with Gasteiger partial charge in [-0.2, -0.15) is 0 Å². The second kappa shape index (κ2) is 5.41. The molecule has 1 N–H and O–H groups in total. The lowest BCUT2D eigenvalue weighted by atomic mass is 10.0. The minimum atomic E-state index is 0.421. The molecule has 1 aromatic carbocycles. The van der Waals surface area contributed by atoms with Gasteiger partial charge >= 0.3 is 0 Å². The van der Waals surface area contributed by atoms with Crippen molar-refractivity contribution in [2.75, 3.05) is 6.54 Å². The molecule has 2 aliphatic rings. The van der Waals surface area contributed by atoms with E-state index in [0.29, 0.717) is 18.2 Å². The summed E-state index contributed by atoms with van der Waals surface area (Å²) in [6.07, 6.45) is 6.03. The zero-order valence-electron chi connectivity index (χ0n) is 11.1. The van der Waals surface area contributed by atoms with Crippen molar-refractivity contribution < 1.29 is 4.74 Å². The lowest BCUT2D eigenvalue weighted by Crippen LogP contribution is -2.31. The van der Waals surface area contributed by atoms with Crippen molar-refractivity contribution in [2.45, 2.75) is 50.9 Å². The summed E-state index contributed by atoms with van der Waals surface area (Å²) in [6, 6.07) is 11.4. The molecule has 1 aliphatic heterocycles. The Balaban J connectivity index is 1.58. The highest BCUT2D eigenvalue weighted by Crippen LogP contribution is 2.41. The summed E-state index contributed by atoms with van der Waals surface area (Å²) in [4.78, 5) is 0. The van der Waals surface area contributed by atoms with Gasteiger partial charge in [0.15, 0.2) is 0 Å². The van der Waals surface area contributed by atoms with Gasteiger partial charge in [0.25, 0.3) is 0 Å². The molecule has 3 atom stereocenters. The summed E-state index contributed by atoms with van der Waals surface area (Å²) >= 11 is 0. The van der Waals surface area contributed by atoms with E-state index >= 15 is 0 Å². The molecule has 18 heavy (non-hydrogen) atoms. The van der Waals surface area contributed by atoms with Gasteiger partial charge in [-0.25, -0.2) is 0 Å². The summed E-state index contributed by atoms with van der Waals surface area (Å²) < 4.78 is 5.89. The van der Waals surface area contributed by atoms with Crippen molar-refractivity contribution in [3.63, 3.8) is 0 Å². The Hall–Kier alpha value is -0.860. The van der Waals surface area contributed by atoms with Gasteiger partial charge in [0.2, 0.25) is 0 Å². The standard InChI is InChI=1S/C16H23NO/c1-12-7-10-15(18-12)11-17-16(14-8-9-14)13-5-3-2-4-6-13/h2-6,12,14-17H,7-11H2,1H3. The predicted octanol–water partition coefficient (Wildman–Crippen LogP) is 3.29. The lowest BCUT2D eigenvalue weighted by molar-refractivity contribution is 0.0538. The summed E-state index contributed by atoms with van der Waals surface area (Å²) in [5, 5.41) is 3.74. The van der Waals surface area contributed by atoms with Gasteiger partial charge < -0.3 is 10.1 Å². The van der Waals surface area contributed by atoms with Gasteiger partial charge in [0.1, 0.15) is 0 Å². The largest absolute Gasteiger partial charge is 0.374 e. The smallest absolute Gasteiger partial charge is 0.0704 e. The van der Waals surface area contributed by atoms with Gasteiger partial charge in [-0.15, -0.1) is 0 Å². The summed E-state index contributed by atoms with van der Waals surface area (Å²) in [5.74, 6) is 0.839. The van der Waals surface area contributed by atoms with E-state index in [9.17, 15) is 0 Å². The first-order valence-corrected chi connectivity index (χ1v) is 7.26. The fourth-order valence-corrected chi connectivity index (χ4v) is 2.94. The Kier molecular flexibility index (Phi) is 3.67. The zero-order chi connectivity index (χ0) is 12.4. The first-order chi connectivity index (χ1) is 8.83. The van der Waals surface area contributed by atoms with E-state index in [0.717, 1.165) is 12.5 Å². The molecular formula is C16H23NO. The maximum Gasteiger partial charge on any atom is 0.0704 e. The minimum absolute atomic E-state index is 0.421. The van der Waals surface area contributed by atoms with Crippen LogP contribution in [0, 0.1) is 5.92 Å². The number of ether oxygens (including phenoxy) is 1. The highest BCUT2D eigenvalue weighted by Gasteiger charge is 2.33. The van der Waals surface area contributed by atoms with Crippen molar-refractivity contribution in [1.82, 2.24) is 5.32 Å². The van der Waals surface area contributed by atoms with Crippen LogP contribution in [-0.2, 0) is 4.74 Å². The number of rotatable bonds is 5. The fraction of sp³-hybridized carbons (Fsp3) is 0.625. The van der Waals surface area contributed by atoms with Gasteiger partial charge in [-0.3, -0.25) is 0 Å². The third-order valence-electron chi connectivity index (χ3n) is 4.14. The highest BCUT2D eigenvalue weighted by atomic mass is 16.5. The Bertz CT molecular complexity index is 374. The van der Waals surface area contributed by atoms with Gasteiger partial charge in [0, 0.05) is 12.6 Å². The Morgan fingerprint density at radius 1 is 1.17 bits per heavy atom. The minimum Gasteiger partial charge on any atom is -0.374 e. The molecule has 1 aliphatic carbocycles. The van der Waals surface area contributed by atoms with E-state index in [-0.39, 0.29) is 0 Å². The van der Waals surface area contributed by atoms with Crippen LogP contribution in [0.2, 0.25) is 0 Å². The topological polar surface area (TPSA) is 21.3 Å². The van der Waals surface area contributed by atoms with Crippen molar-refractivity contribution in [3.8, 4) is 0 Å². The van der Waals surface area contributed by atoms with Crippen molar-refractivity contribution in [3.05, 3.63) is 35.9 Å². The highest BCUT2D eigenvalue weighted by molar-refractivity contribution is 5.21. The molecule has 98 valence electrons. The Morgan fingerprint density at radius 3 is 2.56 bits per heavy atom. The molecule has 1 aromatic rings. The molecule has 2 nitrogen and oxygen atoms in total. The maximum atomic E-state index is 5.89. The molecule has 0 spiro atoms. The normalized spacial score (nSPS) is 29.4. The zero-order valence-corrected chi connectivity index (χ0v) is 11.1. The third kappa shape index (κ3) is 2.93. The van der Waals surface area contributed by atoms with Crippen LogP contribution in [0.25, 0.3) is 0 Å². The molecule has 2 heteroatoms. The third-order valence-corrected chi connectivity index (χ3v) is 4.14. The van der Waals surface area contributed by atoms with Crippen LogP contribution < -0.4 is 5.32 Å². The molecule has 0 bridgehead atoms. The first kappa shape index (κ1) is 12.2. The van der Waals surface area contributed by atoms with Crippen LogP contribution in [0.4, 0.5) is 0 Å². The number of nitrogens with one attached hydrogen (secondary N) is 1. The van der Waals surface area contributed by atoms with E-state index in [4.69, 9.17) is 4.74 Å². The van der Waals surface area contributed by atoms with Crippen LogP contribution in [0.15, 0.2) is 30.3 Å². The quantitative estimate of drug-likeness (QED) is 0.859. The molecule has 3 unspecified atom stereocenters. The van der Waals surface area contributed by atoms with Crippen LogP contribution in [0.3, 0.4) is 0 Å². The van der Waals surface area contributed by atoms with Crippen molar-refractivity contribution in [1.29, 1.82) is 0 Å². The van der Waals surface area contributed by atoms with Gasteiger partial charge in [-0.1, -0.05) is 30.3 Å². The van der Waals surface area contributed by atoms with Gasteiger partial charge in [0.05, 0.1) is 12.2 Å². The van der Waals surface area contributed by atoms with E-state index < -0.39 is 0 Å². The van der Waals surface area contributed by atoms with Crippen molar-refractivity contribution in [2.24, 2.45) is 5.92 Å². The number of hydrogen-bond acceptors (Lipinski definition) is 2. The Morgan fingerprint density at radius 2 is 1.94 bits per heavy atom. The molecule has 1 saturated carbocycles. The lowest BCUT2D eigenvalue weighted by Gasteiger charge is -2.21. The molecule has 0 aromatic heterocycles. The molecular weight excluding hydrogens is 222 g/mol. The summed E-state index contributed by atoms with van der Waals surface area (Å²) in [5.41, 5.74) is 1.44. The molecule has 3 rings (SSSR count). The monoisotopic (exact) mass is 245 g/mol. The Labute approximate surface area is 110 Å². The van der Waals surface area contributed by atoms with Crippen LogP contribution in [0.1, 0.15) is 44.2 Å². The average Bonchev–Trinajstić information content (AvgIpc) is 3.14. The average molecular weight is 245 g/mol. The summed E-state index contributed by atoms with van der Waals surface area (Å²) in [6.45, 7) is 3.18. The van der Waals surface area contributed by atoms with Crippen LogP contribution in [-0.4, -0.2) is 18.8 Å². The van der Waals surface area contributed by atoms with E-state index in [2.05, 4.69) is 42.6 Å². The van der Waals surface area contributed by atoms with E-state index in [1.807, 2.05) is 0 Å². The van der Waals surface area contributed by atoms with Crippen molar-refractivity contribution >= 4 is 0 Å². The first-order valence-electron chi connectivity index (χ1n) is 7.26. The molecule has 1 heterocycles. The number of benzene rings is 1. The van der Waals surface area contributed by atoms with E-state index in [1.165, 1.54) is 31.2 Å².